The normalized spacial score (nSPS) is 11.1. The molecule has 0 heterocycles. The average Bonchev–Trinajstić information content (AvgIpc) is 2.38. The van der Waals surface area contributed by atoms with Gasteiger partial charge in [-0.1, -0.05) is 19.1 Å². The molecule has 0 saturated heterocycles. The van der Waals surface area contributed by atoms with Crippen molar-refractivity contribution in [3.63, 3.8) is 0 Å². The van der Waals surface area contributed by atoms with Gasteiger partial charge in [0.05, 0.1) is 0 Å². The van der Waals surface area contributed by atoms with E-state index in [0.717, 1.165) is 36.9 Å². The highest BCUT2D eigenvalue weighted by atomic mass is 16.5. The van der Waals surface area contributed by atoms with Crippen LogP contribution >= 0.6 is 0 Å². The van der Waals surface area contributed by atoms with E-state index < -0.39 is 5.97 Å². The standard InChI is InChI=1S/C15H21NO3/c1-3-10-16(2)11-12-19-14-7-4-13(5-8-14)6-9-15(17)18/h4-9H,3,10-12H2,1-2H3,(H,17,18). The molecular weight excluding hydrogens is 242 g/mol. The molecule has 1 N–H and O–H groups in total. The van der Waals surface area contributed by atoms with Crippen molar-refractivity contribution in [1.82, 2.24) is 4.90 Å². The monoisotopic (exact) mass is 263 g/mol. The minimum absolute atomic E-state index is 0.654. The molecule has 0 amide bonds. The third kappa shape index (κ3) is 6.62. The lowest BCUT2D eigenvalue weighted by atomic mass is 10.2. The Labute approximate surface area is 114 Å². The summed E-state index contributed by atoms with van der Waals surface area (Å²) in [6.45, 7) is 4.78. The van der Waals surface area contributed by atoms with Gasteiger partial charge in [0.15, 0.2) is 0 Å². The molecule has 0 spiro atoms. The van der Waals surface area contributed by atoms with Crippen molar-refractivity contribution in [3.05, 3.63) is 35.9 Å². The number of likely N-dealkylation sites (N-methyl/N-ethyl adjacent to an activating group) is 1. The molecule has 0 fully saturated rings. The number of nitrogens with zero attached hydrogens (tertiary/aromatic N) is 1. The Bertz CT molecular complexity index is 412. The van der Waals surface area contributed by atoms with Gasteiger partial charge in [0, 0.05) is 12.6 Å². The predicted molar refractivity (Wildman–Crippen MR) is 76.4 cm³/mol. The van der Waals surface area contributed by atoms with Crippen molar-refractivity contribution >= 4 is 12.0 Å². The van der Waals surface area contributed by atoms with E-state index in [4.69, 9.17) is 9.84 Å². The van der Waals surface area contributed by atoms with E-state index in [9.17, 15) is 4.79 Å². The SMILES string of the molecule is CCCN(C)CCOc1ccc(C=CC(=O)O)cc1. The van der Waals surface area contributed by atoms with Gasteiger partial charge in [-0.2, -0.15) is 0 Å². The van der Waals surface area contributed by atoms with Crippen LogP contribution in [0.5, 0.6) is 5.75 Å². The maximum atomic E-state index is 10.4. The van der Waals surface area contributed by atoms with Gasteiger partial charge in [-0.05, 0) is 43.8 Å². The minimum Gasteiger partial charge on any atom is -0.492 e. The molecule has 1 rings (SSSR count). The zero-order chi connectivity index (χ0) is 14.1. The lowest BCUT2D eigenvalue weighted by Gasteiger charge is -2.15. The van der Waals surface area contributed by atoms with Crippen LogP contribution < -0.4 is 4.74 Å². The van der Waals surface area contributed by atoms with Crippen molar-refractivity contribution in [1.29, 1.82) is 0 Å². The van der Waals surface area contributed by atoms with Crippen LogP contribution in [0.4, 0.5) is 0 Å². The molecule has 4 heteroatoms. The molecule has 0 radical (unpaired) electrons. The largest absolute Gasteiger partial charge is 0.492 e. The van der Waals surface area contributed by atoms with Crippen molar-refractivity contribution in [2.45, 2.75) is 13.3 Å². The molecule has 0 aromatic heterocycles. The van der Waals surface area contributed by atoms with Crippen LogP contribution in [0.15, 0.2) is 30.3 Å². The van der Waals surface area contributed by atoms with Gasteiger partial charge in [0.1, 0.15) is 12.4 Å². The number of rotatable bonds is 8. The second kappa shape index (κ2) is 8.32. The molecular formula is C15H21NO3. The summed E-state index contributed by atoms with van der Waals surface area (Å²) in [5, 5.41) is 8.53. The summed E-state index contributed by atoms with van der Waals surface area (Å²) in [6, 6.07) is 7.37. The summed E-state index contributed by atoms with van der Waals surface area (Å²) in [5.41, 5.74) is 0.845. The van der Waals surface area contributed by atoms with Crippen LogP contribution in [0.2, 0.25) is 0 Å². The lowest BCUT2D eigenvalue weighted by molar-refractivity contribution is -0.131. The molecule has 4 nitrogen and oxygen atoms in total. The van der Waals surface area contributed by atoms with Gasteiger partial charge >= 0.3 is 5.97 Å². The van der Waals surface area contributed by atoms with E-state index in [1.54, 1.807) is 6.08 Å². The Balaban J connectivity index is 2.38. The molecule has 0 aliphatic rings. The summed E-state index contributed by atoms with van der Waals surface area (Å²) in [4.78, 5) is 12.6. The Hall–Kier alpha value is -1.81. The van der Waals surface area contributed by atoms with E-state index in [-0.39, 0.29) is 0 Å². The lowest BCUT2D eigenvalue weighted by Crippen LogP contribution is -2.24. The fourth-order valence-electron chi connectivity index (χ4n) is 1.66. The molecule has 0 bridgehead atoms. The summed E-state index contributed by atoms with van der Waals surface area (Å²) >= 11 is 0. The second-order valence-electron chi connectivity index (χ2n) is 4.39. The highest BCUT2D eigenvalue weighted by Crippen LogP contribution is 2.13. The summed E-state index contributed by atoms with van der Waals surface area (Å²) in [6.07, 6.45) is 3.82. The van der Waals surface area contributed by atoms with Crippen molar-refractivity contribution < 1.29 is 14.6 Å². The van der Waals surface area contributed by atoms with E-state index in [0.29, 0.717) is 6.61 Å². The fourth-order valence-corrected chi connectivity index (χ4v) is 1.66. The number of hydrogen-bond acceptors (Lipinski definition) is 3. The first-order valence-electron chi connectivity index (χ1n) is 6.44. The van der Waals surface area contributed by atoms with Gasteiger partial charge in [-0.25, -0.2) is 4.79 Å². The van der Waals surface area contributed by atoms with E-state index in [1.807, 2.05) is 24.3 Å². The molecule has 1 aromatic carbocycles. The summed E-state index contributed by atoms with van der Waals surface area (Å²) < 4.78 is 5.62. The minimum atomic E-state index is -0.945. The topological polar surface area (TPSA) is 49.8 Å². The predicted octanol–water partition coefficient (Wildman–Crippen LogP) is 2.50. The fraction of sp³-hybridized carbons (Fsp3) is 0.400. The molecule has 0 unspecified atom stereocenters. The zero-order valence-electron chi connectivity index (χ0n) is 11.5. The molecule has 19 heavy (non-hydrogen) atoms. The summed E-state index contributed by atoms with van der Waals surface area (Å²) in [5.74, 6) is -0.142. The van der Waals surface area contributed by atoms with Gasteiger partial charge in [0.25, 0.3) is 0 Å². The number of aliphatic carboxylic acids is 1. The van der Waals surface area contributed by atoms with Crippen LogP contribution in [0.3, 0.4) is 0 Å². The second-order valence-corrected chi connectivity index (χ2v) is 4.39. The third-order valence-corrected chi connectivity index (χ3v) is 2.65. The first kappa shape index (κ1) is 15.2. The molecule has 0 saturated carbocycles. The Morgan fingerprint density at radius 2 is 2.00 bits per heavy atom. The van der Waals surface area contributed by atoms with Gasteiger partial charge < -0.3 is 14.7 Å². The van der Waals surface area contributed by atoms with Gasteiger partial charge in [-0.3, -0.25) is 0 Å². The Kier molecular flexibility index (Phi) is 6.68. The summed E-state index contributed by atoms with van der Waals surface area (Å²) in [7, 11) is 2.08. The van der Waals surface area contributed by atoms with Crippen molar-refractivity contribution in [3.8, 4) is 5.75 Å². The maximum Gasteiger partial charge on any atom is 0.328 e. The highest BCUT2D eigenvalue weighted by molar-refractivity contribution is 5.85. The highest BCUT2D eigenvalue weighted by Gasteiger charge is 1.98. The molecule has 104 valence electrons. The molecule has 0 atom stereocenters. The van der Waals surface area contributed by atoms with Gasteiger partial charge in [0.2, 0.25) is 0 Å². The van der Waals surface area contributed by atoms with E-state index in [2.05, 4.69) is 18.9 Å². The number of carboxylic acids is 1. The first-order valence-corrected chi connectivity index (χ1v) is 6.44. The number of ether oxygens (including phenoxy) is 1. The maximum absolute atomic E-state index is 10.4. The zero-order valence-corrected chi connectivity index (χ0v) is 11.5. The number of carbonyl (C=O) groups is 1. The molecule has 0 aliphatic heterocycles. The number of benzene rings is 1. The Morgan fingerprint density at radius 1 is 1.32 bits per heavy atom. The third-order valence-electron chi connectivity index (χ3n) is 2.65. The van der Waals surface area contributed by atoms with Crippen LogP contribution in [-0.4, -0.2) is 42.7 Å². The van der Waals surface area contributed by atoms with Crippen LogP contribution in [0.25, 0.3) is 6.08 Å². The average molecular weight is 263 g/mol. The smallest absolute Gasteiger partial charge is 0.328 e. The quantitative estimate of drug-likeness (QED) is 0.732. The number of hydrogen-bond donors (Lipinski definition) is 1. The van der Waals surface area contributed by atoms with Crippen LogP contribution in [0, 0.1) is 0 Å². The van der Waals surface area contributed by atoms with Crippen molar-refractivity contribution in [2.75, 3.05) is 26.7 Å². The van der Waals surface area contributed by atoms with Gasteiger partial charge in [-0.15, -0.1) is 0 Å². The Morgan fingerprint density at radius 3 is 2.58 bits per heavy atom. The van der Waals surface area contributed by atoms with Crippen molar-refractivity contribution in [2.24, 2.45) is 0 Å². The number of carboxylic acid groups (broad SMARTS) is 1. The molecule has 1 aromatic rings. The van der Waals surface area contributed by atoms with Crippen LogP contribution in [-0.2, 0) is 4.79 Å². The van der Waals surface area contributed by atoms with E-state index >= 15 is 0 Å². The first-order chi connectivity index (χ1) is 9.11. The van der Waals surface area contributed by atoms with E-state index in [1.165, 1.54) is 0 Å². The molecule has 0 aliphatic carbocycles. The van der Waals surface area contributed by atoms with Crippen LogP contribution in [0.1, 0.15) is 18.9 Å².